The molecule has 0 unspecified atom stereocenters. The first-order chi connectivity index (χ1) is 12.2. The molecule has 1 saturated heterocycles. The third-order valence-electron chi connectivity index (χ3n) is 4.19. The molecule has 1 aliphatic heterocycles. The first-order valence-electron chi connectivity index (χ1n) is 8.53. The van der Waals surface area contributed by atoms with Crippen molar-refractivity contribution >= 4 is 22.9 Å². The first kappa shape index (κ1) is 17.9. The summed E-state index contributed by atoms with van der Waals surface area (Å²) in [6.07, 6.45) is 2.41. The zero-order valence-corrected chi connectivity index (χ0v) is 15.3. The Morgan fingerprint density at radius 1 is 1.36 bits per heavy atom. The largest absolute Gasteiger partial charge is 0.497 e. The van der Waals surface area contributed by atoms with Crippen LogP contribution in [-0.2, 0) is 16.1 Å². The Kier molecular flexibility index (Phi) is 6.44. The molecule has 1 amide bonds. The van der Waals surface area contributed by atoms with E-state index in [-0.39, 0.29) is 12.0 Å². The van der Waals surface area contributed by atoms with E-state index in [1.807, 2.05) is 30.3 Å². The van der Waals surface area contributed by atoms with E-state index in [0.29, 0.717) is 6.54 Å². The Morgan fingerprint density at radius 2 is 2.20 bits per heavy atom. The van der Waals surface area contributed by atoms with Crippen molar-refractivity contribution in [1.82, 2.24) is 4.90 Å². The van der Waals surface area contributed by atoms with Crippen LogP contribution in [0.15, 0.2) is 41.8 Å². The van der Waals surface area contributed by atoms with Crippen LogP contribution in [0.2, 0.25) is 0 Å². The topological polar surface area (TPSA) is 50.8 Å². The summed E-state index contributed by atoms with van der Waals surface area (Å²) in [5, 5.41) is 5.02. The number of hydrogen-bond donors (Lipinski definition) is 1. The van der Waals surface area contributed by atoms with Gasteiger partial charge in [-0.1, -0.05) is 6.07 Å². The predicted octanol–water partition coefficient (Wildman–Crippen LogP) is 3.38. The van der Waals surface area contributed by atoms with Gasteiger partial charge in [0.25, 0.3) is 0 Å². The van der Waals surface area contributed by atoms with E-state index in [4.69, 9.17) is 9.47 Å². The molecule has 3 rings (SSSR count). The Morgan fingerprint density at radius 3 is 2.84 bits per heavy atom. The molecule has 25 heavy (non-hydrogen) atoms. The lowest BCUT2D eigenvalue weighted by Gasteiger charge is -2.24. The highest BCUT2D eigenvalue weighted by molar-refractivity contribution is 7.09. The number of carbonyl (C=O) groups excluding carboxylic acids is 1. The van der Waals surface area contributed by atoms with Crippen molar-refractivity contribution in [3.63, 3.8) is 0 Å². The predicted molar refractivity (Wildman–Crippen MR) is 100 cm³/mol. The van der Waals surface area contributed by atoms with E-state index in [2.05, 4.69) is 21.7 Å². The molecular formula is C19H24N2O3S. The lowest BCUT2D eigenvalue weighted by atomic mass is 10.2. The lowest BCUT2D eigenvalue weighted by Crippen LogP contribution is -2.37. The van der Waals surface area contributed by atoms with Crippen molar-refractivity contribution in [3.05, 3.63) is 46.7 Å². The summed E-state index contributed by atoms with van der Waals surface area (Å²) in [7, 11) is 1.63. The van der Waals surface area contributed by atoms with Crippen molar-refractivity contribution in [2.75, 3.05) is 32.1 Å². The number of benzene rings is 1. The molecule has 1 aromatic carbocycles. The summed E-state index contributed by atoms with van der Waals surface area (Å²) >= 11 is 1.72. The molecule has 1 aromatic heterocycles. The van der Waals surface area contributed by atoms with E-state index in [1.54, 1.807) is 18.4 Å². The molecule has 2 heterocycles. The van der Waals surface area contributed by atoms with Crippen LogP contribution in [0.5, 0.6) is 5.75 Å². The second-order valence-corrected chi connectivity index (χ2v) is 7.19. The average molecular weight is 360 g/mol. The molecule has 6 heteroatoms. The molecule has 1 atom stereocenters. The normalized spacial score (nSPS) is 17.0. The number of thiophene rings is 1. The lowest BCUT2D eigenvalue weighted by molar-refractivity contribution is -0.117. The van der Waals surface area contributed by atoms with Gasteiger partial charge in [-0.05, 0) is 48.6 Å². The maximum Gasteiger partial charge on any atom is 0.238 e. The highest BCUT2D eigenvalue weighted by Gasteiger charge is 2.21. The summed E-state index contributed by atoms with van der Waals surface area (Å²) in [5.41, 5.74) is 0.777. The Bertz CT molecular complexity index is 652. The Balaban J connectivity index is 1.57. The fourth-order valence-electron chi connectivity index (χ4n) is 2.96. The molecule has 0 aliphatic carbocycles. The van der Waals surface area contributed by atoms with Gasteiger partial charge in [0.2, 0.25) is 5.91 Å². The second-order valence-electron chi connectivity index (χ2n) is 6.16. The molecule has 1 fully saturated rings. The Hall–Kier alpha value is -1.89. The van der Waals surface area contributed by atoms with Crippen LogP contribution in [0.25, 0.3) is 0 Å². The van der Waals surface area contributed by atoms with E-state index >= 15 is 0 Å². The van der Waals surface area contributed by atoms with Crippen molar-refractivity contribution in [3.8, 4) is 5.75 Å². The summed E-state index contributed by atoms with van der Waals surface area (Å²) in [6, 6.07) is 11.5. The van der Waals surface area contributed by atoms with Gasteiger partial charge in [-0.15, -0.1) is 11.3 Å². The number of ether oxygens (including phenoxy) is 2. The van der Waals surface area contributed by atoms with Crippen LogP contribution < -0.4 is 10.1 Å². The molecule has 1 N–H and O–H groups in total. The zero-order chi connectivity index (χ0) is 17.5. The van der Waals surface area contributed by atoms with Crippen LogP contribution >= 0.6 is 11.3 Å². The number of methoxy groups -OCH3 is 1. The van der Waals surface area contributed by atoms with Gasteiger partial charge in [0.1, 0.15) is 5.75 Å². The van der Waals surface area contributed by atoms with Crippen molar-refractivity contribution in [1.29, 1.82) is 0 Å². The maximum absolute atomic E-state index is 12.5. The third kappa shape index (κ3) is 5.56. The smallest absolute Gasteiger partial charge is 0.238 e. The first-order valence-corrected chi connectivity index (χ1v) is 9.41. The monoisotopic (exact) mass is 360 g/mol. The van der Waals surface area contributed by atoms with Gasteiger partial charge in [-0.2, -0.15) is 0 Å². The fraction of sp³-hybridized carbons (Fsp3) is 0.421. The van der Waals surface area contributed by atoms with E-state index in [0.717, 1.165) is 44.0 Å². The van der Waals surface area contributed by atoms with Gasteiger partial charge >= 0.3 is 0 Å². The van der Waals surface area contributed by atoms with E-state index < -0.39 is 0 Å². The number of nitrogens with zero attached hydrogens (tertiary/aromatic N) is 1. The average Bonchev–Trinajstić information content (AvgIpc) is 3.29. The summed E-state index contributed by atoms with van der Waals surface area (Å²) < 4.78 is 10.9. The van der Waals surface area contributed by atoms with Gasteiger partial charge < -0.3 is 14.8 Å². The summed E-state index contributed by atoms with van der Waals surface area (Å²) in [4.78, 5) is 15.9. The quantitative estimate of drug-likeness (QED) is 0.784. The van der Waals surface area contributed by atoms with Gasteiger partial charge in [-0.25, -0.2) is 0 Å². The van der Waals surface area contributed by atoms with Crippen molar-refractivity contribution < 1.29 is 14.3 Å². The standard InChI is InChI=1S/C19H24N2O3S/c1-23-16-8-6-15(7-9-16)20-19(22)14-21(12-17-4-2-10-24-17)13-18-5-3-11-25-18/h3,5-9,11,17H,2,4,10,12-14H2,1H3,(H,20,22)/t17-/m1/s1. The highest BCUT2D eigenvalue weighted by Crippen LogP contribution is 2.18. The number of hydrogen-bond acceptors (Lipinski definition) is 5. The molecule has 0 spiro atoms. The minimum absolute atomic E-state index is 0.0141. The molecular weight excluding hydrogens is 336 g/mol. The van der Waals surface area contributed by atoms with Crippen LogP contribution in [0.4, 0.5) is 5.69 Å². The van der Waals surface area contributed by atoms with Gasteiger partial charge in [0.15, 0.2) is 0 Å². The van der Waals surface area contributed by atoms with Crippen LogP contribution in [-0.4, -0.2) is 43.7 Å². The van der Waals surface area contributed by atoms with Gasteiger partial charge in [-0.3, -0.25) is 9.69 Å². The second kappa shape index (κ2) is 8.99. The zero-order valence-electron chi connectivity index (χ0n) is 14.4. The molecule has 2 aromatic rings. The van der Waals surface area contributed by atoms with Gasteiger partial charge in [0, 0.05) is 30.3 Å². The van der Waals surface area contributed by atoms with Crippen LogP contribution in [0.1, 0.15) is 17.7 Å². The molecule has 0 radical (unpaired) electrons. The third-order valence-corrected chi connectivity index (χ3v) is 5.05. The van der Waals surface area contributed by atoms with E-state index in [9.17, 15) is 4.79 Å². The number of amides is 1. The number of carbonyl (C=O) groups is 1. The van der Waals surface area contributed by atoms with Crippen LogP contribution in [0.3, 0.4) is 0 Å². The minimum atomic E-state index is -0.0141. The van der Waals surface area contributed by atoms with Gasteiger partial charge in [0.05, 0.1) is 19.8 Å². The van der Waals surface area contributed by atoms with Crippen molar-refractivity contribution in [2.45, 2.75) is 25.5 Å². The SMILES string of the molecule is COc1ccc(NC(=O)CN(Cc2cccs2)C[C@H]2CCCO2)cc1. The molecule has 0 saturated carbocycles. The van der Waals surface area contributed by atoms with E-state index in [1.165, 1.54) is 4.88 Å². The molecule has 134 valence electrons. The maximum atomic E-state index is 12.5. The Labute approximate surface area is 152 Å². The number of nitrogens with one attached hydrogen (secondary N) is 1. The van der Waals surface area contributed by atoms with Crippen molar-refractivity contribution in [2.24, 2.45) is 0 Å². The number of anilines is 1. The highest BCUT2D eigenvalue weighted by atomic mass is 32.1. The summed E-state index contributed by atoms with van der Waals surface area (Å²) in [6.45, 7) is 2.74. The van der Waals surface area contributed by atoms with Crippen LogP contribution in [0, 0.1) is 0 Å². The summed E-state index contributed by atoms with van der Waals surface area (Å²) in [5.74, 6) is 0.760. The number of rotatable bonds is 8. The molecule has 5 nitrogen and oxygen atoms in total. The molecule has 0 bridgehead atoms. The molecule has 1 aliphatic rings. The fourth-order valence-corrected chi connectivity index (χ4v) is 3.71. The minimum Gasteiger partial charge on any atom is -0.497 e.